The first-order valence-electron chi connectivity index (χ1n) is 9.34. The molecule has 5 rings (SSSR count). The highest BCUT2D eigenvalue weighted by atomic mass is 16.5. The number of carbonyl (C=O) groups is 2. The van der Waals surface area contributed by atoms with Gasteiger partial charge in [-0.05, 0) is 17.7 Å². The third kappa shape index (κ3) is 4.27. The van der Waals surface area contributed by atoms with E-state index in [9.17, 15) is 9.59 Å². The van der Waals surface area contributed by atoms with Gasteiger partial charge in [-0.15, -0.1) is 5.10 Å². The maximum absolute atomic E-state index is 12.6. The van der Waals surface area contributed by atoms with Gasteiger partial charge >= 0.3 is 0 Å². The first-order valence-corrected chi connectivity index (χ1v) is 9.34. The van der Waals surface area contributed by atoms with Crippen LogP contribution in [-0.2, 0) is 29.0 Å². The van der Waals surface area contributed by atoms with Crippen LogP contribution in [0.5, 0.6) is 5.75 Å². The van der Waals surface area contributed by atoms with Gasteiger partial charge in [-0.1, -0.05) is 17.3 Å². The van der Waals surface area contributed by atoms with E-state index in [1.165, 1.54) is 0 Å². The third-order valence-corrected chi connectivity index (χ3v) is 5.01. The number of aromatic nitrogens is 3. The first kappa shape index (κ1) is 17.5. The quantitative estimate of drug-likeness (QED) is 0.676. The number of benzene rings is 1. The molecule has 8 nitrogen and oxygen atoms in total. The summed E-state index contributed by atoms with van der Waals surface area (Å²) >= 11 is 0. The molecule has 2 amide bonds. The molecule has 0 aliphatic carbocycles. The van der Waals surface area contributed by atoms with Crippen LogP contribution in [0.3, 0.4) is 0 Å². The zero-order valence-electron chi connectivity index (χ0n) is 15.2. The van der Waals surface area contributed by atoms with Gasteiger partial charge in [-0.2, -0.15) is 0 Å². The van der Waals surface area contributed by atoms with Gasteiger partial charge in [0.15, 0.2) is 0 Å². The molecule has 0 radical (unpaired) electrons. The van der Waals surface area contributed by atoms with E-state index in [1.807, 2.05) is 40.3 Å². The van der Waals surface area contributed by atoms with Crippen molar-refractivity contribution in [3.05, 3.63) is 41.7 Å². The van der Waals surface area contributed by atoms with Gasteiger partial charge in [-0.25, -0.2) is 4.68 Å². The molecule has 27 heavy (non-hydrogen) atoms. The Hall–Kier alpha value is -2.90. The Morgan fingerprint density at radius 1 is 0.926 bits per heavy atom. The molecule has 1 saturated heterocycles. The minimum atomic E-state index is 0.0901. The summed E-state index contributed by atoms with van der Waals surface area (Å²) in [5, 5.41) is 8.24. The lowest BCUT2D eigenvalue weighted by Gasteiger charge is -2.35. The number of aryl methyl sites for hydroxylation is 1. The molecule has 8 heteroatoms. The largest absolute Gasteiger partial charge is 0.492 e. The highest BCUT2D eigenvalue weighted by molar-refractivity contribution is 5.80. The van der Waals surface area contributed by atoms with Gasteiger partial charge in [0.2, 0.25) is 11.8 Å². The summed E-state index contributed by atoms with van der Waals surface area (Å²) in [6.45, 7) is 3.36. The predicted octanol–water partition coefficient (Wildman–Crippen LogP) is 0.517. The number of carbonyl (C=O) groups excluding carboxylic acids is 2. The summed E-state index contributed by atoms with van der Waals surface area (Å²) in [4.78, 5) is 28.7. The van der Waals surface area contributed by atoms with Crippen molar-refractivity contribution in [3.8, 4) is 5.75 Å². The van der Waals surface area contributed by atoms with Crippen LogP contribution in [0.4, 0.5) is 0 Å². The molecule has 6 bridgehead atoms. The van der Waals surface area contributed by atoms with E-state index in [2.05, 4.69) is 10.3 Å². The van der Waals surface area contributed by atoms with Crippen molar-refractivity contribution in [2.45, 2.75) is 25.8 Å². The number of nitrogens with zero attached hydrogens (tertiary/aromatic N) is 5. The van der Waals surface area contributed by atoms with E-state index in [-0.39, 0.29) is 11.8 Å². The fraction of sp³-hybridized carbons (Fsp3) is 0.474. The summed E-state index contributed by atoms with van der Waals surface area (Å²) in [6, 6.07) is 7.64. The average molecular weight is 369 g/mol. The van der Waals surface area contributed by atoms with Gasteiger partial charge in [-0.3, -0.25) is 9.59 Å². The Morgan fingerprint density at radius 2 is 1.70 bits per heavy atom. The van der Waals surface area contributed by atoms with Crippen molar-refractivity contribution in [1.82, 2.24) is 24.8 Å². The second kappa shape index (κ2) is 7.77. The lowest BCUT2D eigenvalue weighted by atomic mass is 10.1. The van der Waals surface area contributed by atoms with Gasteiger partial charge in [0, 0.05) is 45.2 Å². The SMILES string of the molecule is O=C1CCc2cn(nn2)CCOc2cccc(c2)CC(=O)N2CCN1CC2. The molecular formula is C19H23N5O3. The number of piperazine rings is 1. The molecule has 142 valence electrons. The number of rotatable bonds is 0. The van der Waals surface area contributed by atoms with Crippen LogP contribution in [-0.4, -0.2) is 69.4 Å². The summed E-state index contributed by atoms with van der Waals surface area (Å²) in [6.07, 6.45) is 3.19. The van der Waals surface area contributed by atoms with E-state index in [0.29, 0.717) is 58.6 Å². The molecule has 1 aromatic carbocycles. The molecular weight excluding hydrogens is 346 g/mol. The minimum Gasteiger partial charge on any atom is -0.492 e. The van der Waals surface area contributed by atoms with E-state index >= 15 is 0 Å². The number of hydrogen-bond donors (Lipinski definition) is 0. The fourth-order valence-corrected chi connectivity index (χ4v) is 3.45. The summed E-state index contributed by atoms with van der Waals surface area (Å²) in [5.74, 6) is 0.943. The second-order valence-electron chi connectivity index (χ2n) is 6.91. The van der Waals surface area contributed by atoms with Crippen LogP contribution in [0.15, 0.2) is 30.5 Å². The van der Waals surface area contributed by atoms with Crippen molar-refractivity contribution in [1.29, 1.82) is 0 Å². The monoisotopic (exact) mass is 369 g/mol. The molecule has 0 atom stereocenters. The highest BCUT2D eigenvalue weighted by Crippen LogP contribution is 2.16. The first-order chi connectivity index (χ1) is 13.2. The van der Waals surface area contributed by atoms with Crippen LogP contribution in [0.1, 0.15) is 17.7 Å². The lowest BCUT2D eigenvalue weighted by Crippen LogP contribution is -2.51. The van der Waals surface area contributed by atoms with Crippen LogP contribution in [0.25, 0.3) is 0 Å². The Balaban J connectivity index is 1.52. The summed E-state index contributed by atoms with van der Waals surface area (Å²) in [7, 11) is 0. The van der Waals surface area contributed by atoms with Crippen LogP contribution in [0, 0.1) is 0 Å². The Bertz CT molecular complexity index is 826. The fourth-order valence-electron chi connectivity index (χ4n) is 3.45. The number of amides is 2. The number of fused-ring (bicyclic) bond motifs is 7. The molecule has 1 aromatic heterocycles. The molecule has 2 aromatic rings. The smallest absolute Gasteiger partial charge is 0.227 e. The molecule has 3 aliphatic heterocycles. The van der Waals surface area contributed by atoms with Gasteiger partial charge < -0.3 is 14.5 Å². The molecule has 1 fully saturated rings. The molecule has 0 unspecified atom stereocenters. The minimum absolute atomic E-state index is 0.0901. The van der Waals surface area contributed by atoms with E-state index < -0.39 is 0 Å². The highest BCUT2D eigenvalue weighted by Gasteiger charge is 2.24. The maximum Gasteiger partial charge on any atom is 0.227 e. The van der Waals surface area contributed by atoms with E-state index in [4.69, 9.17) is 4.74 Å². The van der Waals surface area contributed by atoms with Gasteiger partial charge in [0.1, 0.15) is 12.4 Å². The van der Waals surface area contributed by atoms with Crippen LogP contribution in [0.2, 0.25) is 0 Å². The van der Waals surface area contributed by atoms with Crippen molar-refractivity contribution < 1.29 is 14.3 Å². The topological polar surface area (TPSA) is 80.6 Å². The molecule has 3 aliphatic rings. The Labute approximate surface area is 157 Å². The predicted molar refractivity (Wildman–Crippen MR) is 97.1 cm³/mol. The van der Waals surface area contributed by atoms with Crippen LogP contribution < -0.4 is 4.74 Å². The van der Waals surface area contributed by atoms with Crippen LogP contribution >= 0.6 is 0 Å². The zero-order valence-corrected chi connectivity index (χ0v) is 15.2. The number of ether oxygens (including phenoxy) is 1. The molecule has 0 spiro atoms. The van der Waals surface area contributed by atoms with E-state index in [0.717, 1.165) is 17.0 Å². The Kier molecular flexibility index (Phi) is 5.04. The van der Waals surface area contributed by atoms with Gasteiger partial charge in [0.05, 0.1) is 18.7 Å². The molecule has 0 N–H and O–H groups in total. The normalized spacial score (nSPS) is 18.8. The lowest BCUT2D eigenvalue weighted by molar-refractivity contribution is -0.139. The third-order valence-electron chi connectivity index (χ3n) is 5.01. The van der Waals surface area contributed by atoms with Crippen molar-refractivity contribution in [3.63, 3.8) is 0 Å². The van der Waals surface area contributed by atoms with Crippen molar-refractivity contribution >= 4 is 11.8 Å². The second-order valence-corrected chi connectivity index (χ2v) is 6.91. The molecule has 0 saturated carbocycles. The zero-order chi connectivity index (χ0) is 18.6. The standard InChI is InChI=1S/C19H23N5O3/c25-18-5-4-16-14-24(21-20-16)10-11-27-17-3-1-2-15(12-17)13-19(26)23-8-6-22(18)7-9-23/h1-3,12,14H,4-11,13H2. The van der Waals surface area contributed by atoms with Crippen molar-refractivity contribution in [2.24, 2.45) is 0 Å². The summed E-state index contributed by atoms with van der Waals surface area (Å²) < 4.78 is 7.53. The number of hydrogen-bond acceptors (Lipinski definition) is 5. The van der Waals surface area contributed by atoms with Gasteiger partial charge in [0.25, 0.3) is 0 Å². The average Bonchev–Trinajstić information content (AvgIpc) is 3.14. The van der Waals surface area contributed by atoms with E-state index in [1.54, 1.807) is 4.68 Å². The summed E-state index contributed by atoms with van der Waals surface area (Å²) in [5.41, 5.74) is 1.74. The maximum atomic E-state index is 12.6. The van der Waals surface area contributed by atoms with Crippen molar-refractivity contribution in [2.75, 3.05) is 32.8 Å². The Morgan fingerprint density at radius 3 is 2.52 bits per heavy atom. The molecule has 4 heterocycles.